The third-order valence-electron chi connectivity index (χ3n) is 3.31. The summed E-state index contributed by atoms with van der Waals surface area (Å²) < 4.78 is 27.0. The van der Waals surface area contributed by atoms with Gasteiger partial charge in [0, 0.05) is 5.88 Å². The van der Waals surface area contributed by atoms with Gasteiger partial charge in [-0.1, -0.05) is 12.1 Å². The topological polar surface area (TPSA) is 66.4 Å². The van der Waals surface area contributed by atoms with Crippen molar-refractivity contribution >= 4 is 21.6 Å². The van der Waals surface area contributed by atoms with E-state index in [1.54, 1.807) is 39.8 Å². The van der Waals surface area contributed by atoms with Gasteiger partial charge in [0.2, 0.25) is 10.0 Å². The highest BCUT2D eigenvalue weighted by atomic mass is 35.5. The first-order valence-corrected chi connectivity index (χ1v) is 7.93. The van der Waals surface area contributed by atoms with Crippen LogP contribution in [0.2, 0.25) is 0 Å². The predicted molar refractivity (Wildman–Crippen MR) is 76.7 cm³/mol. The molecule has 0 heterocycles. The Morgan fingerprint density at radius 1 is 1.16 bits per heavy atom. The van der Waals surface area contributed by atoms with Crippen LogP contribution in [0.25, 0.3) is 0 Å². The lowest BCUT2D eigenvalue weighted by atomic mass is 9.87. The fraction of sp³-hybridized carbons (Fsp3) is 0.538. The minimum absolute atomic E-state index is 0.152. The number of hydrogen-bond acceptors (Lipinski definition) is 3. The number of hydrogen-bond donors (Lipinski definition) is 2. The monoisotopic (exact) mass is 305 g/mol. The summed E-state index contributed by atoms with van der Waals surface area (Å²) in [5.41, 5.74) is -1.32. The highest BCUT2D eigenvalue weighted by Crippen LogP contribution is 2.23. The van der Waals surface area contributed by atoms with Gasteiger partial charge in [-0.15, -0.1) is 11.6 Å². The average molecular weight is 306 g/mol. The molecule has 4 nitrogen and oxygen atoms in total. The molecule has 0 aromatic heterocycles. The molecule has 0 radical (unpaired) electrons. The van der Waals surface area contributed by atoms with Crippen LogP contribution in [0.15, 0.2) is 29.2 Å². The average Bonchev–Trinajstić information content (AvgIpc) is 2.26. The van der Waals surface area contributed by atoms with Gasteiger partial charge in [-0.2, -0.15) is 0 Å². The Morgan fingerprint density at radius 2 is 1.63 bits per heavy atom. The summed E-state index contributed by atoms with van der Waals surface area (Å²) in [6.07, 6.45) is 0. The summed E-state index contributed by atoms with van der Waals surface area (Å²) in [6.45, 7) is 6.40. The Bertz CT molecular complexity index is 530. The molecule has 0 atom stereocenters. The Balaban J connectivity index is 3.05. The van der Waals surface area contributed by atoms with E-state index in [0.717, 1.165) is 5.56 Å². The first kappa shape index (κ1) is 16.4. The van der Waals surface area contributed by atoms with Crippen LogP contribution in [0.3, 0.4) is 0 Å². The Kier molecular flexibility index (Phi) is 4.67. The summed E-state index contributed by atoms with van der Waals surface area (Å²) in [5.74, 6) is 0.336. The van der Waals surface area contributed by atoms with Crippen LogP contribution in [0.5, 0.6) is 0 Å². The van der Waals surface area contributed by atoms with Crippen LogP contribution in [-0.4, -0.2) is 24.7 Å². The van der Waals surface area contributed by atoms with E-state index in [2.05, 4.69) is 4.72 Å². The predicted octanol–water partition coefficient (Wildman–Crippen LogP) is 2.25. The van der Waals surface area contributed by atoms with E-state index < -0.39 is 21.2 Å². The summed E-state index contributed by atoms with van der Waals surface area (Å²) in [6, 6.07) is 6.33. The molecular formula is C13H20ClNO3S. The fourth-order valence-electron chi connectivity index (χ4n) is 1.28. The van der Waals surface area contributed by atoms with Crippen molar-refractivity contribution in [1.29, 1.82) is 0 Å². The molecule has 0 saturated heterocycles. The molecule has 0 aliphatic carbocycles. The van der Waals surface area contributed by atoms with E-state index in [4.69, 9.17) is 11.6 Å². The minimum atomic E-state index is -3.68. The molecule has 0 aliphatic rings. The van der Waals surface area contributed by atoms with Crippen LogP contribution in [0, 0.1) is 0 Å². The highest BCUT2D eigenvalue weighted by molar-refractivity contribution is 7.89. The van der Waals surface area contributed by atoms with Crippen molar-refractivity contribution in [3.05, 3.63) is 29.8 Å². The maximum Gasteiger partial charge on any atom is 0.241 e. The molecule has 0 amide bonds. The van der Waals surface area contributed by atoms with Gasteiger partial charge in [0.1, 0.15) is 0 Å². The molecule has 19 heavy (non-hydrogen) atoms. The molecule has 0 unspecified atom stereocenters. The highest BCUT2D eigenvalue weighted by Gasteiger charge is 2.38. The summed E-state index contributed by atoms with van der Waals surface area (Å²) in [5, 5.41) is 9.99. The van der Waals surface area contributed by atoms with E-state index in [-0.39, 0.29) is 4.90 Å². The molecule has 1 rings (SSSR count). The van der Waals surface area contributed by atoms with Crippen LogP contribution in [0.1, 0.15) is 33.3 Å². The second kappa shape index (κ2) is 5.40. The standard InChI is InChI=1S/C13H20ClNO3S/c1-12(2,13(3,4)16)15-19(17,18)11-7-5-10(9-14)6-8-11/h5-8,15-16H,9H2,1-4H3. The molecule has 0 saturated carbocycles. The van der Waals surface area contributed by atoms with Crippen LogP contribution >= 0.6 is 11.6 Å². The Labute approximate surface area is 119 Å². The van der Waals surface area contributed by atoms with Crippen LogP contribution < -0.4 is 4.72 Å². The van der Waals surface area contributed by atoms with Gasteiger partial charge >= 0.3 is 0 Å². The molecular weight excluding hydrogens is 286 g/mol. The third-order valence-corrected chi connectivity index (χ3v) is 5.29. The number of sulfonamides is 1. The van der Waals surface area contributed by atoms with Gasteiger partial charge in [0.25, 0.3) is 0 Å². The molecule has 0 fully saturated rings. The number of nitrogens with one attached hydrogen (secondary N) is 1. The molecule has 0 spiro atoms. The first-order valence-electron chi connectivity index (χ1n) is 5.91. The maximum atomic E-state index is 12.2. The third kappa shape index (κ3) is 3.92. The molecule has 6 heteroatoms. The van der Waals surface area contributed by atoms with Crippen molar-refractivity contribution in [1.82, 2.24) is 4.72 Å². The summed E-state index contributed by atoms with van der Waals surface area (Å²) in [4.78, 5) is 0.152. The van der Waals surface area contributed by atoms with Crippen molar-refractivity contribution in [2.24, 2.45) is 0 Å². The van der Waals surface area contributed by atoms with Crippen LogP contribution in [0.4, 0.5) is 0 Å². The number of benzene rings is 1. The van der Waals surface area contributed by atoms with E-state index in [1.807, 2.05) is 0 Å². The second-order valence-electron chi connectivity index (χ2n) is 5.57. The number of aliphatic hydroxyl groups is 1. The summed E-state index contributed by atoms with van der Waals surface area (Å²) >= 11 is 5.66. The van der Waals surface area contributed by atoms with Crippen molar-refractivity contribution in [2.45, 2.75) is 49.6 Å². The normalized spacial score (nSPS) is 13.6. The zero-order valence-corrected chi connectivity index (χ0v) is 13.1. The first-order chi connectivity index (χ1) is 8.49. The summed E-state index contributed by atoms with van der Waals surface area (Å²) in [7, 11) is -3.68. The van der Waals surface area contributed by atoms with Gasteiger partial charge in [-0.05, 0) is 45.4 Å². The lowest BCUT2D eigenvalue weighted by Gasteiger charge is -2.37. The van der Waals surface area contributed by atoms with Gasteiger partial charge in [-0.3, -0.25) is 0 Å². The zero-order valence-electron chi connectivity index (χ0n) is 11.6. The van der Waals surface area contributed by atoms with Gasteiger partial charge in [0.05, 0.1) is 16.0 Å². The number of alkyl halides is 1. The molecule has 0 bridgehead atoms. The number of rotatable bonds is 5. The smallest absolute Gasteiger partial charge is 0.241 e. The Hall–Kier alpha value is -0.620. The molecule has 0 aliphatic heterocycles. The minimum Gasteiger partial charge on any atom is -0.389 e. The Morgan fingerprint density at radius 3 is 2.00 bits per heavy atom. The van der Waals surface area contributed by atoms with Gasteiger partial charge in [0.15, 0.2) is 0 Å². The molecule has 1 aromatic carbocycles. The quantitative estimate of drug-likeness (QED) is 0.820. The van der Waals surface area contributed by atoms with Crippen molar-refractivity contribution < 1.29 is 13.5 Å². The molecule has 108 valence electrons. The van der Waals surface area contributed by atoms with Gasteiger partial charge < -0.3 is 5.11 Å². The fourth-order valence-corrected chi connectivity index (χ4v) is 2.99. The van der Waals surface area contributed by atoms with Crippen LogP contribution in [-0.2, 0) is 15.9 Å². The van der Waals surface area contributed by atoms with Crippen molar-refractivity contribution in [3.63, 3.8) is 0 Å². The molecule has 2 N–H and O–H groups in total. The van der Waals surface area contributed by atoms with E-state index in [9.17, 15) is 13.5 Å². The molecule has 1 aromatic rings. The zero-order chi connectivity index (χ0) is 14.9. The lowest BCUT2D eigenvalue weighted by molar-refractivity contribution is 0.00639. The lowest BCUT2D eigenvalue weighted by Crippen LogP contribution is -2.57. The van der Waals surface area contributed by atoms with Gasteiger partial charge in [-0.25, -0.2) is 13.1 Å². The van der Waals surface area contributed by atoms with Crippen molar-refractivity contribution in [3.8, 4) is 0 Å². The maximum absolute atomic E-state index is 12.2. The largest absolute Gasteiger partial charge is 0.389 e. The van der Waals surface area contributed by atoms with E-state index >= 15 is 0 Å². The van der Waals surface area contributed by atoms with E-state index in [1.165, 1.54) is 12.1 Å². The number of halogens is 1. The van der Waals surface area contributed by atoms with Crippen molar-refractivity contribution in [2.75, 3.05) is 0 Å². The second-order valence-corrected chi connectivity index (χ2v) is 7.52. The van der Waals surface area contributed by atoms with E-state index in [0.29, 0.717) is 5.88 Å². The SMILES string of the molecule is CC(C)(O)C(C)(C)NS(=O)(=O)c1ccc(CCl)cc1.